The van der Waals surface area contributed by atoms with Crippen molar-refractivity contribution in [3.05, 3.63) is 40.8 Å². The van der Waals surface area contributed by atoms with Crippen molar-refractivity contribution in [2.24, 2.45) is 0 Å². The second-order valence-electron chi connectivity index (χ2n) is 3.52. The zero-order valence-corrected chi connectivity index (χ0v) is 11.3. The summed E-state index contributed by atoms with van der Waals surface area (Å²) in [6.45, 7) is 2.68. The van der Waals surface area contributed by atoms with Gasteiger partial charge in [-0.05, 0) is 41.1 Å². The molecule has 0 aliphatic heterocycles. The average molecular weight is 311 g/mol. The fourth-order valence-corrected chi connectivity index (χ4v) is 1.86. The maximum Gasteiger partial charge on any atom is 0.224 e. The summed E-state index contributed by atoms with van der Waals surface area (Å²) in [5, 5.41) is 5.92. The minimum Gasteiger partial charge on any atom is -0.354 e. The van der Waals surface area contributed by atoms with Gasteiger partial charge in [0.05, 0.1) is 5.69 Å². The molecule has 94 valence electrons. The van der Waals surface area contributed by atoms with Crippen molar-refractivity contribution in [2.75, 3.05) is 17.2 Å². The van der Waals surface area contributed by atoms with E-state index in [0.717, 1.165) is 6.54 Å². The molecule has 2 rings (SSSR count). The van der Waals surface area contributed by atoms with Crippen LogP contribution in [-0.4, -0.2) is 16.5 Å². The van der Waals surface area contributed by atoms with E-state index in [1.807, 2.05) is 6.92 Å². The Hall–Kier alpha value is -1.69. The van der Waals surface area contributed by atoms with Crippen LogP contribution in [0.1, 0.15) is 6.92 Å². The van der Waals surface area contributed by atoms with Gasteiger partial charge >= 0.3 is 0 Å². The fraction of sp³-hybridized carbons (Fsp3) is 0.167. The summed E-state index contributed by atoms with van der Waals surface area (Å²) in [5.41, 5.74) is 0.360. The number of nitrogens with one attached hydrogen (secondary N) is 2. The van der Waals surface area contributed by atoms with Gasteiger partial charge in [0.25, 0.3) is 0 Å². The highest BCUT2D eigenvalue weighted by atomic mass is 79.9. The Labute approximate surface area is 113 Å². The summed E-state index contributed by atoms with van der Waals surface area (Å²) in [7, 11) is 0. The quantitative estimate of drug-likeness (QED) is 0.906. The van der Waals surface area contributed by atoms with Crippen LogP contribution in [0.5, 0.6) is 0 Å². The molecular formula is C12H12BrFN4. The Kier molecular flexibility index (Phi) is 4.09. The third kappa shape index (κ3) is 2.95. The molecule has 0 aliphatic rings. The normalized spacial score (nSPS) is 10.2. The highest BCUT2D eigenvalue weighted by Crippen LogP contribution is 2.27. The molecular weight excluding hydrogens is 299 g/mol. The van der Waals surface area contributed by atoms with Gasteiger partial charge in [0.1, 0.15) is 11.6 Å². The molecule has 0 fully saturated rings. The lowest BCUT2D eigenvalue weighted by Crippen LogP contribution is -2.04. The lowest BCUT2D eigenvalue weighted by molar-refractivity contribution is 0.631. The summed E-state index contributed by atoms with van der Waals surface area (Å²) in [5.74, 6) is 0.703. The van der Waals surface area contributed by atoms with Crippen LogP contribution in [0.3, 0.4) is 0 Å². The highest BCUT2D eigenvalue weighted by Gasteiger charge is 2.07. The summed E-state index contributed by atoms with van der Waals surface area (Å²) in [4.78, 5) is 8.27. The Morgan fingerprint density at radius 2 is 2.17 bits per heavy atom. The maximum absolute atomic E-state index is 13.6. The van der Waals surface area contributed by atoms with E-state index < -0.39 is 0 Å². The Balaban J connectivity index is 2.26. The van der Waals surface area contributed by atoms with Gasteiger partial charge in [0, 0.05) is 17.2 Å². The molecule has 6 heteroatoms. The molecule has 0 saturated heterocycles. The third-order valence-corrected chi connectivity index (χ3v) is 2.87. The van der Waals surface area contributed by atoms with Gasteiger partial charge in [-0.1, -0.05) is 6.07 Å². The van der Waals surface area contributed by atoms with Crippen LogP contribution in [0.15, 0.2) is 34.9 Å². The van der Waals surface area contributed by atoms with Crippen molar-refractivity contribution in [3.8, 4) is 0 Å². The van der Waals surface area contributed by atoms with Crippen LogP contribution in [0.4, 0.5) is 21.8 Å². The lowest BCUT2D eigenvalue weighted by atomic mass is 10.3. The fourth-order valence-electron chi connectivity index (χ4n) is 1.42. The first kappa shape index (κ1) is 12.8. The second kappa shape index (κ2) is 5.77. The van der Waals surface area contributed by atoms with Gasteiger partial charge in [-0.15, -0.1) is 0 Å². The molecule has 0 bridgehead atoms. The van der Waals surface area contributed by atoms with Crippen molar-refractivity contribution < 1.29 is 4.39 Å². The third-order valence-electron chi connectivity index (χ3n) is 2.21. The van der Waals surface area contributed by atoms with Gasteiger partial charge in [-0.3, -0.25) is 0 Å². The smallest absolute Gasteiger partial charge is 0.224 e. The molecule has 0 atom stereocenters. The SMILES string of the molecule is CCNc1nccc(Nc2c(F)cccc2Br)n1. The first-order valence-corrected chi connectivity index (χ1v) is 6.28. The van der Waals surface area contributed by atoms with E-state index in [-0.39, 0.29) is 5.82 Å². The summed E-state index contributed by atoms with van der Waals surface area (Å²) in [6, 6.07) is 6.46. The van der Waals surface area contributed by atoms with Crippen LogP contribution in [-0.2, 0) is 0 Å². The number of nitrogens with zero attached hydrogens (tertiary/aromatic N) is 2. The van der Waals surface area contributed by atoms with Crippen LogP contribution in [0, 0.1) is 5.82 Å². The number of hydrogen-bond donors (Lipinski definition) is 2. The lowest BCUT2D eigenvalue weighted by Gasteiger charge is -2.09. The zero-order valence-electron chi connectivity index (χ0n) is 9.74. The number of aromatic nitrogens is 2. The Morgan fingerprint density at radius 3 is 2.89 bits per heavy atom. The van der Waals surface area contributed by atoms with E-state index in [2.05, 4.69) is 36.5 Å². The minimum absolute atomic E-state index is 0.340. The van der Waals surface area contributed by atoms with Crippen molar-refractivity contribution >= 4 is 33.4 Å². The van der Waals surface area contributed by atoms with Crippen LogP contribution in [0.2, 0.25) is 0 Å². The van der Waals surface area contributed by atoms with Crippen molar-refractivity contribution in [2.45, 2.75) is 6.92 Å². The van der Waals surface area contributed by atoms with Gasteiger partial charge in [-0.2, -0.15) is 4.98 Å². The van der Waals surface area contributed by atoms with E-state index in [9.17, 15) is 4.39 Å². The number of benzene rings is 1. The molecule has 0 aliphatic carbocycles. The molecule has 0 saturated carbocycles. The molecule has 0 radical (unpaired) electrons. The second-order valence-corrected chi connectivity index (χ2v) is 4.37. The molecule has 0 spiro atoms. The van der Waals surface area contributed by atoms with E-state index in [1.54, 1.807) is 24.4 Å². The summed E-state index contributed by atoms with van der Waals surface area (Å²) >= 11 is 3.29. The molecule has 18 heavy (non-hydrogen) atoms. The topological polar surface area (TPSA) is 49.8 Å². The van der Waals surface area contributed by atoms with Crippen LogP contribution >= 0.6 is 15.9 Å². The van der Waals surface area contributed by atoms with Gasteiger partial charge in [0.15, 0.2) is 0 Å². The highest BCUT2D eigenvalue weighted by molar-refractivity contribution is 9.10. The molecule has 1 aromatic carbocycles. The predicted molar refractivity (Wildman–Crippen MR) is 73.6 cm³/mol. The van der Waals surface area contributed by atoms with Crippen molar-refractivity contribution in [1.29, 1.82) is 0 Å². The molecule has 0 amide bonds. The summed E-state index contributed by atoms with van der Waals surface area (Å²) in [6.07, 6.45) is 1.61. The van der Waals surface area contributed by atoms with E-state index >= 15 is 0 Å². The first-order chi connectivity index (χ1) is 8.70. The Bertz CT molecular complexity index is 527. The number of hydrogen-bond acceptors (Lipinski definition) is 4. The largest absolute Gasteiger partial charge is 0.354 e. The Morgan fingerprint density at radius 1 is 1.33 bits per heavy atom. The summed E-state index contributed by atoms with van der Waals surface area (Å²) < 4.78 is 14.3. The number of halogens is 2. The molecule has 1 heterocycles. The first-order valence-electron chi connectivity index (χ1n) is 5.48. The minimum atomic E-state index is -0.340. The number of para-hydroxylation sites is 1. The number of anilines is 3. The maximum atomic E-state index is 13.6. The predicted octanol–water partition coefficient (Wildman–Crippen LogP) is 3.55. The molecule has 2 aromatic rings. The van der Waals surface area contributed by atoms with Crippen LogP contribution < -0.4 is 10.6 Å². The van der Waals surface area contributed by atoms with Crippen LogP contribution in [0.25, 0.3) is 0 Å². The van der Waals surface area contributed by atoms with E-state index in [0.29, 0.717) is 21.9 Å². The van der Waals surface area contributed by atoms with Crippen molar-refractivity contribution in [3.63, 3.8) is 0 Å². The standard InChI is InChI=1S/C12H12BrFN4/c1-2-15-12-16-7-6-10(18-12)17-11-8(13)4-3-5-9(11)14/h3-7H,2H2,1H3,(H2,15,16,17,18). The molecule has 1 aromatic heterocycles. The number of rotatable bonds is 4. The zero-order chi connectivity index (χ0) is 13.0. The molecule has 0 unspecified atom stereocenters. The van der Waals surface area contributed by atoms with Gasteiger partial charge < -0.3 is 10.6 Å². The average Bonchev–Trinajstić information content (AvgIpc) is 2.35. The van der Waals surface area contributed by atoms with Gasteiger partial charge in [0.2, 0.25) is 5.95 Å². The van der Waals surface area contributed by atoms with Crippen molar-refractivity contribution in [1.82, 2.24) is 9.97 Å². The molecule has 4 nitrogen and oxygen atoms in total. The van der Waals surface area contributed by atoms with Gasteiger partial charge in [-0.25, -0.2) is 9.37 Å². The molecule has 2 N–H and O–H groups in total. The monoisotopic (exact) mass is 310 g/mol. The van der Waals surface area contributed by atoms with E-state index in [4.69, 9.17) is 0 Å². The van der Waals surface area contributed by atoms with E-state index in [1.165, 1.54) is 6.07 Å².